The number of halogens is 1. The highest BCUT2D eigenvalue weighted by Gasteiger charge is 1.95. The SMILES string of the molecule is I[11CH2]c1ccc(-c2ccccc2)cc1. The molecule has 0 unspecified atom stereocenters. The van der Waals surface area contributed by atoms with Crippen LogP contribution in [0.5, 0.6) is 0 Å². The van der Waals surface area contributed by atoms with Gasteiger partial charge in [-0.3, -0.25) is 0 Å². The number of hydrogen-bond donors (Lipinski definition) is 0. The second-order valence-electron chi connectivity index (χ2n) is 3.20. The maximum atomic E-state index is 2.38. The lowest BCUT2D eigenvalue weighted by Gasteiger charge is -2.01. The Morgan fingerprint density at radius 2 is 1.29 bits per heavy atom. The van der Waals surface area contributed by atoms with Crippen molar-refractivity contribution in [2.24, 2.45) is 0 Å². The van der Waals surface area contributed by atoms with E-state index in [0.29, 0.717) is 0 Å². The van der Waals surface area contributed by atoms with E-state index in [9.17, 15) is 0 Å². The van der Waals surface area contributed by atoms with Gasteiger partial charge in [-0.15, -0.1) is 0 Å². The van der Waals surface area contributed by atoms with Gasteiger partial charge in [0.05, 0.1) is 0 Å². The van der Waals surface area contributed by atoms with Crippen molar-refractivity contribution in [2.75, 3.05) is 0 Å². The minimum atomic E-state index is 1.08. The van der Waals surface area contributed by atoms with E-state index in [1.807, 2.05) is 6.07 Å². The topological polar surface area (TPSA) is 0 Å². The third kappa shape index (κ3) is 2.15. The van der Waals surface area contributed by atoms with Gasteiger partial charge in [-0.25, -0.2) is 0 Å². The molecule has 0 spiro atoms. The van der Waals surface area contributed by atoms with Crippen LogP contribution in [0.2, 0.25) is 0 Å². The number of rotatable bonds is 2. The van der Waals surface area contributed by atoms with Gasteiger partial charge in [-0.2, -0.15) is 0 Å². The Kier molecular flexibility index (Phi) is 3.19. The summed E-state index contributed by atoms with van der Waals surface area (Å²) < 4.78 is 1.08. The zero-order valence-corrected chi connectivity index (χ0v) is 9.94. The molecule has 0 saturated heterocycles. The van der Waals surface area contributed by atoms with E-state index in [-0.39, 0.29) is 0 Å². The van der Waals surface area contributed by atoms with Gasteiger partial charge >= 0.3 is 0 Å². The van der Waals surface area contributed by atoms with Crippen molar-refractivity contribution in [1.29, 1.82) is 0 Å². The van der Waals surface area contributed by atoms with Gasteiger partial charge < -0.3 is 0 Å². The first-order chi connectivity index (χ1) is 6.90. The molecule has 2 rings (SSSR count). The molecule has 2 aromatic rings. The van der Waals surface area contributed by atoms with Gasteiger partial charge in [0.15, 0.2) is 0 Å². The van der Waals surface area contributed by atoms with Gasteiger partial charge in [-0.1, -0.05) is 77.2 Å². The third-order valence-corrected chi connectivity index (χ3v) is 3.10. The fourth-order valence-electron chi connectivity index (χ4n) is 1.42. The molecule has 0 aliphatic carbocycles. The Morgan fingerprint density at radius 3 is 1.86 bits per heavy atom. The predicted octanol–water partition coefficient (Wildman–Crippen LogP) is 4.29. The van der Waals surface area contributed by atoms with Gasteiger partial charge in [0, 0.05) is 4.43 Å². The zero-order chi connectivity index (χ0) is 9.80. The maximum Gasteiger partial charge on any atom is 0.0247 e. The van der Waals surface area contributed by atoms with Crippen LogP contribution in [0.25, 0.3) is 11.1 Å². The van der Waals surface area contributed by atoms with Crippen molar-refractivity contribution in [1.82, 2.24) is 0 Å². The smallest absolute Gasteiger partial charge is 0.0247 e. The van der Waals surface area contributed by atoms with Gasteiger partial charge in [-0.05, 0) is 16.7 Å². The first-order valence-corrected chi connectivity index (χ1v) is 6.13. The summed E-state index contributed by atoms with van der Waals surface area (Å²) in [6.07, 6.45) is 0. The molecule has 70 valence electrons. The quantitative estimate of drug-likeness (QED) is 0.572. The molecule has 0 aromatic heterocycles. The largest absolute Gasteiger partial charge is 0.0812 e. The lowest BCUT2D eigenvalue weighted by molar-refractivity contribution is 1.45. The standard InChI is InChI=1S/C13H11I/c14-10-11-6-8-13(9-7-11)12-4-2-1-3-5-12/h1-9H,10H2/i10-1. The molecule has 0 aliphatic rings. The number of alkyl halides is 1. The molecular formula is C13H11I. The van der Waals surface area contributed by atoms with Crippen LogP contribution in [-0.2, 0) is 4.43 Å². The van der Waals surface area contributed by atoms with Crippen molar-refractivity contribution in [2.45, 2.75) is 4.43 Å². The number of benzene rings is 2. The molecular weight excluding hydrogens is 282 g/mol. The van der Waals surface area contributed by atoms with E-state index in [1.54, 1.807) is 0 Å². The molecule has 2 aromatic carbocycles. The van der Waals surface area contributed by atoms with Crippen molar-refractivity contribution in [3.63, 3.8) is 0 Å². The molecule has 0 radical (unpaired) electrons. The fraction of sp³-hybridized carbons (Fsp3) is 0.0769. The third-order valence-electron chi connectivity index (χ3n) is 2.22. The highest BCUT2D eigenvalue weighted by atomic mass is 127. The average Bonchev–Trinajstić information content (AvgIpc) is 2.30. The van der Waals surface area contributed by atoms with Gasteiger partial charge in [0.1, 0.15) is 0 Å². The molecule has 0 atom stereocenters. The molecule has 0 nitrogen and oxygen atoms in total. The lowest BCUT2D eigenvalue weighted by atomic mass is 9.98. The Hall–Kier alpha value is -0.830. The van der Waals surface area contributed by atoms with Crippen LogP contribution in [0.1, 0.15) is 5.56 Å². The zero-order valence-electron chi connectivity index (χ0n) is 7.78. The van der Waals surface area contributed by atoms with Crippen LogP contribution in [0.15, 0.2) is 54.6 Å². The van der Waals surface area contributed by atoms with Crippen LogP contribution >= 0.6 is 22.6 Å². The van der Waals surface area contributed by atoms with Crippen LogP contribution < -0.4 is 0 Å². The second kappa shape index (κ2) is 4.60. The van der Waals surface area contributed by atoms with Crippen LogP contribution in [-0.4, -0.2) is 0 Å². The van der Waals surface area contributed by atoms with E-state index in [2.05, 4.69) is 71.1 Å². The highest BCUT2D eigenvalue weighted by molar-refractivity contribution is 14.1. The minimum Gasteiger partial charge on any atom is -0.0812 e. The summed E-state index contributed by atoms with van der Waals surface area (Å²) in [6.45, 7) is 0. The number of hydrogen-bond acceptors (Lipinski definition) is 0. The van der Waals surface area contributed by atoms with Crippen molar-refractivity contribution in [3.8, 4) is 11.1 Å². The minimum absolute atomic E-state index is 1.08. The van der Waals surface area contributed by atoms with E-state index >= 15 is 0 Å². The van der Waals surface area contributed by atoms with Gasteiger partial charge in [0.25, 0.3) is 0 Å². The second-order valence-corrected chi connectivity index (χ2v) is 3.96. The summed E-state index contributed by atoms with van der Waals surface area (Å²) >= 11 is 2.38. The normalized spacial score (nSPS) is 10.1. The Balaban J connectivity index is 2.34. The molecule has 1 heteroatoms. The predicted molar refractivity (Wildman–Crippen MR) is 69.6 cm³/mol. The Bertz CT molecular complexity index is 389. The van der Waals surface area contributed by atoms with Crippen molar-refractivity contribution in [3.05, 3.63) is 60.2 Å². The van der Waals surface area contributed by atoms with Crippen molar-refractivity contribution < 1.29 is 0 Å². The molecule has 0 aliphatic heterocycles. The molecule has 0 bridgehead atoms. The summed E-state index contributed by atoms with van der Waals surface area (Å²) in [5.74, 6) is 0. The summed E-state index contributed by atoms with van der Waals surface area (Å²) in [5, 5.41) is 0. The lowest BCUT2D eigenvalue weighted by Crippen LogP contribution is -1.79. The molecule has 14 heavy (non-hydrogen) atoms. The van der Waals surface area contributed by atoms with Gasteiger partial charge in [0.2, 0.25) is 0 Å². The summed E-state index contributed by atoms with van der Waals surface area (Å²) in [6, 6.07) is 19.2. The van der Waals surface area contributed by atoms with E-state index in [0.717, 1.165) is 4.43 Å². The highest BCUT2D eigenvalue weighted by Crippen LogP contribution is 2.19. The molecule has 0 fully saturated rings. The van der Waals surface area contributed by atoms with Crippen LogP contribution in [0.3, 0.4) is 0 Å². The van der Waals surface area contributed by atoms with Crippen molar-refractivity contribution >= 4 is 22.6 Å². The summed E-state index contributed by atoms with van der Waals surface area (Å²) in [4.78, 5) is 0. The first kappa shape index (κ1) is 9.71. The fourth-order valence-corrected chi connectivity index (χ4v) is 1.93. The van der Waals surface area contributed by atoms with Crippen LogP contribution in [0, 0.1) is 0 Å². The van der Waals surface area contributed by atoms with E-state index in [1.165, 1.54) is 16.7 Å². The maximum absolute atomic E-state index is 2.38. The molecule has 0 N–H and O–H groups in total. The average molecular weight is 293 g/mol. The molecule has 0 heterocycles. The Labute approximate surface area is 98.1 Å². The Morgan fingerprint density at radius 1 is 0.714 bits per heavy atom. The summed E-state index contributed by atoms with van der Waals surface area (Å²) in [5.41, 5.74) is 3.96. The monoisotopic (exact) mass is 293 g/mol. The molecule has 0 amide bonds. The van der Waals surface area contributed by atoms with E-state index < -0.39 is 0 Å². The van der Waals surface area contributed by atoms with Crippen LogP contribution in [0.4, 0.5) is 0 Å². The molecule has 0 saturated carbocycles. The van der Waals surface area contributed by atoms with E-state index in [4.69, 9.17) is 0 Å². The summed E-state index contributed by atoms with van der Waals surface area (Å²) in [7, 11) is 0. The first-order valence-electron chi connectivity index (χ1n) is 4.60.